The van der Waals surface area contributed by atoms with E-state index in [4.69, 9.17) is 4.74 Å². The van der Waals surface area contributed by atoms with Crippen LogP contribution in [0.5, 0.6) is 5.75 Å². The molecule has 2 fully saturated rings. The highest BCUT2D eigenvalue weighted by Crippen LogP contribution is 2.52. The molecule has 0 bridgehead atoms. The van der Waals surface area contributed by atoms with E-state index in [2.05, 4.69) is 26.8 Å². The van der Waals surface area contributed by atoms with E-state index in [1.165, 1.54) is 29.3 Å². The van der Waals surface area contributed by atoms with E-state index in [0.717, 1.165) is 41.7 Å². The van der Waals surface area contributed by atoms with Gasteiger partial charge in [0.1, 0.15) is 5.75 Å². The third-order valence-corrected chi connectivity index (χ3v) is 8.53. The summed E-state index contributed by atoms with van der Waals surface area (Å²) in [4.78, 5) is 39.3. The number of para-hydroxylation sites is 1. The number of benzene rings is 2. The third-order valence-electron chi connectivity index (χ3n) is 8.53. The quantitative estimate of drug-likeness (QED) is 0.168. The molecule has 4 atom stereocenters. The molecular formula is C32H36N2O6. The van der Waals surface area contributed by atoms with Crippen molar-refractivity contribution in [2.75, 3.05) is 11.5 Å². The molecule has 2 aromatic carbocycles. The number of anilines is 1. The first-order valence-electron chi connectivity index (χ1n) is 14.1. The molecule has 2 heterocycles. The summed E-state index contributed by atoms with van der Waals surface area (Å²) in [6.07, 6.45) is 5.89. The molecule has 8 heteroatoms. The third kappa shape index (κ3) is 5.08. The van der Waals surface area contributed by atoms with Crippen LogP contribution in [0.2, 0.25) is 0 Å². The Balaban J connectivity index is 1.41. The number of allylic oxidation sites excluding steroid dienone is 2. The van der Waals surface area contributed by atoms with E-state index in [0.29, 0.717) is 13.0 Å². The van der Waals surface area contributed by atoms with E-state index in [9.17, 15) is 24.8 Å². The molecular weight excluding hydrogens is 508 g/mol. The number of amides is 2. The van der Waals surface area contributed by atoms with Crippen molar-refractivity contribution in [1.82, 2.24) is 0 Å². The van der Waals surface area contributed by atoms with E-state index < -0.39 is 16.8 Å². The number of imide groups is 1. The molecule has 0 saturated carbocycles. The molecule has 0 aromatic heterocycles. The highest BCUT2D eigenvalue weighted by atomic mass is 16.6. The number of fused-ring (bicyclic) bond motifs is 3. The van der Waals surface area contributed by atoms with Crippen molar-refractivity contribution in [3.8, 4) is 5.75 Å². The SMILES string of the molecule is CCC/C(=C\c1ccccc1O)CC[C@H]1OC[C@H]2C1=C(C(C)C)C[C@H]1C(=O)N(c3cccc([N+](=O)[O-])c3)C(=O)[C@H]12. The lowest BCUT2D eigenvalue weighted by atomic mass is 9.67. The summed E-state index contributed by atoms with van der Waals surface area (Å²) < 4.78 is 6.36. The second kappa shape index (κ2) is 11.4. The van der Waals surface area contributed by atoms with Gasteiger partial charge in [-0.05, 0) is 49.3 Å². The Morgan fingerprint density at radius 1 is 1.12 bits per heavy atom. The van der Waals surface area contributed by atoms with Gasteiger partial charge in [-0.15, -0.1) is 0 Å². The fourth-order valence-electron chi connectivity index (χ4n) is 6.70. The molecule has 40 heavy (non-hydrogen) atoms. The van der Waals surface area contributed by atoms with Gasteiger partial charge in [0.25, 0.3) is 5.69 Å². The molecule has 2 amide bonds. The molecule has 8 nitrogen and oxygen atoms in total. The Labute approximate surface area is 234 Å². The first-order chi connectivity index (χ1) is 19.2. The van der Waals surface area contributed by atoms with Crippen molar-refractivity contribution in [2.24, 2.45) is 23.7 Å². The molecule has 0 unspecified atom stereocenters. The van der Waals surface area contributed by atoms with Gasteiger partial charge in [-0.2, -0.15) is 0 Å². The molecule has 3 aliphatic rings. The molecule has 0 radical (unpaired) electrons. The predicted octanol–water partition coefficient (Wildman–Crippen LogP) is 6.44. The largest absolute Gasteiger partial charge is 0.507 e. The van der Waals surface area contributed by atoms with Gasteiger partial charge >= 0.3 is 0 Å². The average molecular weight is 545 g/mol. The number of aromatic hydroxyl groups is 1. The number of phenols is 1. The van der Waals surface area contributed by atoms with E-state index in [1.807, 2.05) is 18.2 Å². The Hall–Kier alpha value is -3.78. The fourth-order valence-corrected chi connectivity index (χ4v) is 6.70. The van der Waals surface area contributed by atoms with Gasteiger partial charge in [0, 0.05) is 23.6 Å². The van der Waals surface area contributed by atoms with Crippen LogP contribution in [0.25, 0.3) is 6.08 Å². The zero-order valence-electron chi connectivity index (χ0n) is 23.2. The highest BCUT2D eigenvalue weighted by molar-refractivity contribution is 6.22. The molecule has 0 spiro atoms. The topological polar surface area (TPSA) is 110 Å². The van der Waals surface area contributed by atoms with Crippen LogP contribution in [0.4, 0.5) is 11.4 Å². The molecule has 1 N–H and O–H groups in total. The van der Waals surface area contributed by atoms with Crippen molar-refractivity contribution in [1.29, 1.82) is 0 Å². The van der Waals surface area contributed by atoms with Crippen LogP contribution in [-0.2, 0) is 14.3 Å². The molecule has 2 aromatic rings. The number of nitro groups is 1. The maximum atomic E-state index is 13.8. The van der Waals surface area contributed by atoms with Crippen LogP contribution in [0, 0.1) is 33.8 Å². The number of nitro benzene ring substituents is 1. The first kappa shape index (κ1) is 27.8. The van der Waals surface area contributed by atoms with Crippen molar-refractivity contribution >= 4 is 29.3 Å². The zero-order chi connectivity index (χ0) is 28.6. The van der Waals surface area contributed by atoms with Crippen molar-refractivity contribution in [2.45, 2.75) is 59.0 Å². The number of carbonyl (C=O) groups excluding carboxylic acids is 2. The van der Waals surface area contributed by atoms with Gasteiger partial charge in [-0.25, -0.2) is 4.90 Å². The zero-order valence-corrected chi connectivity index (χ0v) is 23.2. The lowest BCUT2D eigenvalue weighted by Gasteiger charge is -2.33. The number of ether oxygens (including phenoxy) is 1. The number of hydrogen-bond acceptors (Lipinski definition) is 6. The van der Waals surface area contributed by atoms with E-state index >= 15 is 0 Å². The number of hydrogen-bond donors (Lipinski definition) is 1. The monoisotopic (exact) mass is 544 g/mol. The summed E-state index contributed by atoms with van der Waals surface area (Å²) in [5, 5.41) is 21.6. The summed E-state index contributed by atoms with van der Waals surface area (Å²) in [7, 11) is 0. The van der Waals surface area contributed by atoms with Crippen LogP contribution in [-0.4, -0.2) is 34.6 Å². The average Bonchev–Trinajstić information content (AvgIpc) is 3.46. The minimum absolute atomic E-state index is 0.136. The number of nitrogens with zero attached hydrogens (tertiary/aromatic N) is 2. The first-order valence-corrected chi connectivity index (χ1v) is 14.1. The second-order valence-electron chi connectivity index (χ2n) is 11.3. The number of carbonyl (C=O) groups is 2. The maximum absolute atomic E-state index is 13.8. The summed E-state index contributed by atoms with van der Waals surface area (Å²) in [6.45, 7) is 6.76. The normalized spacial score (nSPS) is 24.6. The Kier molecular flexibility index (Phi) is 7.90. The Bertz CT molecular complexity index is 1390. The Morgan fingerprint density at radius 2 is 1.90 bits per heavy atom. The molecule has 2 aliphatic heterocycles. The molecule has 2 saturated heterocycles. The minimum atomic E-state index is -0.527. The second-order valence-corrected chi connectivity index (χ2v) is 11.3. The van der Waals surface area contributed by atoms with Gasteiger partial charge in [0.2, 0.25) is 11.8 Å². The standard InChI is InChI=1S/C32H36N2O6/c1-4-8-20(15-21-9-5-6-12-27(21)35)13-14-28-29-24(19(2)3)17-25-30(26(29)18-40-28)32(37)33(31(25)36)22-10-7-11-23(16-22)34(38)39/h5-7,9-12,15-16,19,25-26,28,30,35H,4,8,13-14,17-18H2,1-3H3/b20-15+/t25-,26+,28-,30-/m1/s1. The van der Waals surface area contributed by atoms with Crippen LogP contribution >= 0.6 is 0 Å². The van der Waals surface area contributed by atoms with Crippen LogP contribution < -0.4 is 4.90 Å². The van der Waals surface area contributed by atoms with Gasteiger partial charge in [0.05, 0.1) is 35.2 Å². The van der Waals surface area contributed by atoms with Crippen molar-refractivity contribution in [3.63, 3.8) is 0 Å². The number of non-ortho nitro benzene ring substituents is 1. The van der Waals surface area contributed by atoms with Gasteiger partial charge < -0.3 is 9.84 Å². The van der Waals surface area contributed by atoms with E-state index in [1.54, 1.807) is 12.1 Å². The van der Waals surface area contributed by atoms with Gasteiger partial charge in [0.15, 0.2) is 0 Å². The lowest BCUT2D eigenvalue weighted by molar-refractivity contribution is -0.384. The van der Waals surface area contributed by atoms with Crippen molar-refractivity contribution in [3.05, 3.63) is 80.9 Å². The number of rotatable bonds is 9. The fraction of sp³-hybridized carbons (Fsp3) is 0.438. The van der Waals surface area contributed by atoms with Gasteiger partial charge in [-0.1, -0.05) is 68.7 Å². The maximum Gasteiger partial charge on any atom is 0.271 e. The smallest absolute Gasteiger partial charge is 0.271 e. The van der Waals surface area contributed by atoms with Gasteiger partial charge in [-0.3, -0.25) is 19.7 Å². The molecule has 1 aliphatic carbocycles. The Morgan fingerprint density at radius 3 is 2.60 bits per heavy atom. The predicted molar refractivity (Wildman–Crippen MR) is 153 cm³/mol. The van der Waals surface area contributed by atoms with Crippen molar-refractivity contribution < 1.29 is 24.4 Å². The molecule has 210 valence electrons. The highest BCUT2D eigenvalue weighted by Gasteiger charge is 2.57. The summed E-state index contributed by atoms with van der Waals surface area (Å²) in [5.41, 5.74) is 4.49. The van der Waals surface area contributed by atoms with Crippen LogP contribution in [0.15, 0.2) is 65.3 Å². The lowest BCUT2D eigenvalue weighted by Crippen LogP contribution is -2.35. The van der Waals surface area contributed by atoms with Crippen LogP contribution in [0.3, 0.4) is 0 Å². The summed E-state index contributed by atoms with van der Waals surface area (Å²) >= 11 is 0. The summed E-state index contributed by atoms with van der Waals surface area (Å²) in [5.74, 6) is -1.32. The van der Waals surface area contributed by atoms with Crippen LogP contribution in [0.1, 0.15) is 58.4 Å². The van der Waals surface area contributed by atoms with E-state index in [-0.39, 0.29) is 46.9 Å². The molecule has 5 rings (SSSR count). The summed E-state index contributed by atoms with van der Waals surface area (Å²) in [6, 6.07) is 13.1. The number of phenolic OH excluding ortho intramolecular Hbond substituents is 1. The minimum Gasteiger partial charge on any atom is -0.507 e.